The van der Waals surface area contributed by atoms with Gasteiger partial charge in [0.2, 0.25) is 0 Å². The van der Waals surface area contributed by atoms with Crippen molar-refractivity contribution in [1.29, 1.82) is 0 Å². The molecule has 3 aliphatic rings. The number of hydrogen-bond acceptors (Lipinski definition) is 3. The summed E-state index contributed by atoms with van der Waals surface area (Å²) in [5.41, 5.74) is 0. The van der Waals surface area contributed by atoms with Gasteiger partial charge in [-0.05, 0) is 27.7 Å². The molecule has 0 aromatic heterocycles. The van der Waals surface area contributed by atoms with Gasteiger partial charge in [-0.2, -0.15) is 5.98 Å². The van der Waals surface area contributed by atoms with Crippen molar-refractivity contribution in [3.8, 4) is 0 Å². The van der Waals surface area contributed by atoms with Gasteiger partial charge in [-0.1, -0.05) is 19.9 Å². The summed E-state index contributed by atoms with van der Waals surface area (Å²) in [4.78, 5) is 0. The molecule has 0 spiro atoms. The smallest absolute Gasteiger partial charge is 0.445 e. The van der Waals surface area contributed by atoms with Gasteiger partial charge in [0.05, 0.1) is 38.1 Å². The van der Waals surface area contributed by atoms with E-state index >= 15 is 0 Å². The van der Waals surface area contributed by atoms with Crippen LogP contribution in [-0.2, 0) is 14.2 Å². The molecule has 0 aromatic carbocycles. The summed E-state index contributed by atoms with van der Waals surface area (Å²) in [5.74, 6) is 0. The molecule has 3 aliphatic heterocycles. The zero-order chi connectivity index (χ0) is 18.9. The molecule has 0 amide bonds. The summed E-state index contributed by atoms with van der Waals surface area (Å²) in [6.07, 6.45) is 3.50. The van der Waals surface area contributed by atoms with Gasteiger partial charge in [0.1, 0.15) is 0 Å². The molecule has 0 saturated carbocycles. The van der Waals surface area contributed by atoms with Crippen LogP contribution in [0.3, 0.4) is 0 Å². The number of ether oxygens (including phenoxy) is 3. The molecule has 0 radical (unpaired) electrons. The van der Waals surface area contributed by atoms with Gasteiger partial charge in [0.25, 0.3) is 0 Å². The number of allylic oxidation sites excluding steroid dienone is 1. The molecule has 3 saturated heterocycles. The molecule has 3 nitrogen and oxygen atoms in total. The summed E-state index contributed by atoms with van der Waals surface area (Å²) in [5, 5.41) is 0. The van der Waals surface area contributed by atoms with Crippen LogP contribution in [0.4, 0.5) is 12.9 Å². The summed E-state index contributed by atoms with van der Waals surface area (Å²) in [6, 6.07) is 0. The molecule has 24 heavy (non-hydrogen) atoms. The van der Waals surface area contributed by atoms with Gasteiger partial charge >= 0.3 is 58.4 Å². The molecule has 3 atom stereocenters. The van der Waals surface area contributed by atoms with Crippen LogP contribution in [0.2, 0.25) is 0 Å². The van der Waals surface area contributed by atoms with Crippen LogP contribution in [0, 0.1) is 0 Å². The predicted molar refractivity (Wildman–Crippen MR) is 92.7 cm³/mol. The SMILES string of the molecule is C=CC.C=C[B-](F)(F)F.CC.CC1CO1.C[C@@H]1CO1.C[C@H]1CO1.[K+]. The summed E-state index contributed by atoms with van der Waals surface area (Å²) in [6.45, 7) is 16.2. The predicted octanol–water partition coefficient (Wildman–Crippen LogP) is 2.00. The van der Waals surface area contributed by atoms with Crippen molar-refractivity contribution in [3.05, 3.63) is 25.2 Å². The van der Waals surface area contributed by atoms with Crippen LogP contribution in [0.15, 0.2) is 25.2 Å². The first-order chi connectivity index (χ1) is 10.7. The van der Waals surface area contributed by atoms with E-state index in [4.69, 9.17) is 14.2 Å². The van der Waals surface area contributed by atoms with Crippen LogP contribution in [0.25, 0.3) is 0 Å². The fourth-order valence-electron chi connectivity index (χ4n) is 0.289. The molecule has 0 aliphatic carbocycles. The van der Waals surface area contributed by atoms with Gasteiger partial charge in [-0.3, -0.25) is 0 Å². The van der Waals surface area contributed by atoms with Crippen molar-refractivity contribution < 1.29 is 78.5 Å². The van der Waals surface area contributed by atoms with Gasteiger partial charge in [0.15, 0.2) is 0 Å². The van der Waals surface area contributed by atoms with E-state index in [2.05, 4.69) is 33.9 Å². The van der Waals surface area contributed by atoms with Gasteiger partial charge in [-0.15, -0.1) is 13.2 Å². The third-order valence-corrected chi connectivity index (χ3v) is 1.77. The zero-order valence-electron chi connectivity index (χ0n) is 16.4. The van der Waals surface area contributed by atoms with E-state index in [0.717, 1.165) is 19.8 Å². The van der Waals surface area contributed by atoms with Crippen molar-refractivity contribution >= 4 is 6.98 Å². The molecule has 1 unspecified atom stereocenters. The van der Waals surface area contributed by atoms with E-state index in [1.807, 2.05) is 20.8 Å². The van der Waals surface area contributed by atoms with Crippen molar-refractivity contribution in [2.45, 2.75) is 59.9 Å². The van der Waals surface area contributed by atoms with Crippen molar-refractivity contribution in [1.82, 2.24) is 0 Å². The largest absolute Gasteiger partial charge is 1.00 e. The Balaban J connectivity index is -0.000000102. The van der Waals surface area contributed by atoms with Crippen molar-refractivity contribution in [3.63, 3.8) is 0 Å². The fraction of sp³-hybridized carbons (Fsp3) is 0.750. The van der Waals surface area contributed by atoms with Gasteiger partial charge in [-0.25, -0.2) is 0 Å². The summed E-state index contributed by atoms with van der Waals surface area (Å²) < 4.78 is 46.3. The van der Waals surface area contributed by atoms with Gasteiger partial charge in [0, 0.05) is 0 Å². The van der Waals surface area contributed by atoms with E-state index in [-0.39, 0.29) is 57.4 Å². The second-order valence-corrected chi connectivity index (χ2v) is 4.70. The molecule has 3 heterocycles. The Morgan fingerprint density at radius 1 is 0.833 bits per heavy atom. The van der Waals surface area contributed by atoms with Crippen molar-refractivity contribution in [2.24, 2.45) is 0 Å². The molecule has 0 N–H and O–H groups in total. The fourth-order valence-corrected chi connectivity index (χ4v) is 0.289. The monoisotopic (exact) mass is 380 g/mol. The molecular formula is C16H33BF3KO3. The first-order valence-electron chi connectivity index (χ1n) is 7.91. The Labute approximate surface area is 188 Å². The van der Waals surface area contributed by atoms with Crippen molar-refractivity contribution in [2.75, 3.05) is 19.8 Å². The minimum atomic E-state index is -4.72. The summed E-state index contributed by atoms with van der Waals surface area (Å²) in [7, 11) is 0. The number of hydrogen-bond donors (Lipinski definition) is 0. The third-order valence-electron chi connectivity index (χ3n) is 1.77. The number of halogens is 3. The Kier molecular flexibility index (Phi) is 29.7. The van der Waals surface area contributed by atoms with Crippen LogP contribution >= 0.6 is 0 Å². The van der Waals surface area contributed by atoms with E-state index in [9.17, 15) is 12.9 Å². The van der Waals surface area contributed by atoms with Crippen LogP contribution in [-0.4, -0.2) is 45.1 Å². The normalized spacial score (nSPS) is 23.5. The topological polar surface area (TPSA) is 37.6 Å². The second-order valence-electron chi connectivity index (χ2n) is 4.70. The minimum Gasteiger partial charge on any atom is -0.445 e. The Morgan fingerprint density at radius 3 is 0.917 bits per heavy atom. The molecule has 3 fully saturated rings. The van der Waals surface area contributed by atoms with Crippen LogP contribution in [0.1, 0.15) is 41.5 Å². The molecule has 0 aromatic rings. The summed E-state index contributed by atoms with van der Waals surface area (Å²) >= 11 is 0. The maximum absolute atomic E-state index is 10.7. The molecular weight excluding hydrogens is 347 g/mol. The first kappa shape index (κ1) is 32.5. The van der Waals surface area contributed by atoms with Crippen LogP contribution in [0.5, 0.6) is 0 Å². The van der Waals surface area contributed by atoms with E-state index < -0.39 is 6.98 Å². The number of rotatable bonds is 1. The van der Waals surface area contributed by atoms with Crippen LogP contribution < -0.4 is 51.4 Å². The molecule has 8 heteroatoms. The Hall–Kier alpha value is 0.851. The average Bonchev–Trinajstić information content (AvgIpc) is 3.31. The zero-order valence-corrected chi connectivity index (χ0v) is 19.5. The maximum Gasteiger partial charge on any atom is 1.00 e. The van der Waals surface area contributed by atoms with E-state index in [1.54, 1.807) is 6.08 Å². The maximum atomic E-state index is 10.7. The third kappa shape index (κ3) is 66.1. The second kappa shape index (κ2) is 21.9. The Bertz CT molecular complexity index is 244. The minimum absolute atomic E-state index is 0. The standard InChI is InChI=1S/3C3H6O.C3H6.C2H3BF3.C2H6.K/c3*1-3-2-4-3;1-3-2;1-2-3(4,5)6;1-2;/h3*3H,2H2,1H3;3H,1H2,2H3;2H,1H2;1-2H3;/q;;;;-1;;+1/t2*3-;;;;;/m10...../s1. The van der Waals surface area contributed by atoms with E-state index in [1.165, 1.54) is 0 Å². The quantitative estimate of drug-likeness (QED) is 0.397. The molecule has 140 valence electrons. The Morgan fingerprint density at radius 2 is 0.917 bits per heavy atom. The number of epoxide rings is 3. The molecule has 3 rings (SSSR count). The average molecular weight is 380 g/mol. The first-order valence-corrected chi connectivity index (χ1v) is 7.91. The molecule has 0 bridgehead atoms. The van der Waals surface area contributed by atoms with E-state index in [0.29, 0.717) is 18.3 Å². The van der Waals surface area contributed by atoms with Gasteiger partial charge < -0.3 is 27.2 Å².